The number of benzene rings is 1. The van der Waals surface area contributed by atoms with Gasteiger partial charge in [-0.25, -0.2) is 0 Å². The third-order valence-corrected chi connectivity index (χ3v) is 5.21. The van der Waals surface area contributed by atoms with Crippen LogP contribution in [0.15, 0.2) is 12.1 Å². The molecule has 0 aromatic heterocycles. The first-order valence-corrected chi connectivity index (χ1v) is 7.84. The summed E-state index contributed by atoms with van der Waals surface area (Å²) in [7, 11) is 1.75. The zero-order valence-electron chi connectivity index (χ0n) is 11.6. The predicted octanol–water partition coefficient (Wildman–Crippen LogP) is 5.12. The van der Waals surface area contributed by atoms with Crippen molar-refractivity contribution in [1.82, 2.24) is 0 Å². The first-order chi connectivity index (χ1) is 8.63. The second-order valence-corrected chi connectivity index (χ2v) is 6.62. The van der Waals surface area contributed by atoms with Crippen molar-refractivity contribution in [3.8, 4) is 5.75 Å². The lowest BCUT2D eigenvalue weighted by atomic mass is 9.87. The zero-order chi connectivity index (χ0) is 13.1. The van der Waals surface area contributed by atoms with Crippen LogP contribution in [0.4, 0.5) is 0 Å². The average molecular weight is 311 g/mol. The Balaban J connectivity index is 2.34. The molecule has 0 aliphatic heterocycles. The van der Waals surface area contributed by atoms with E-state index in [2.05, 4.69) is 41.9 Å². The van der Waals surface area contributed by atoms with E-state index in [4.69, 9.17) is 4.74 Å². The largest absolute Gasteiger partial charge is 0.496 e. The highest BCUT2D eigenvalue weighted by molar-refractivity contribution is 9.09. The van der Waals surface area contributed by atoms with Crippen LogP contribution in [0.2, 0.25) is 0 Å². The third kappa shape index (κ3) is 2.90. The average Bonchev–Trinajstić information content (AvgIpc) is 2.56. The molecule has 1 aromatic rings. The lowest BCUT2D eigenvalue weighted by molar-refractivity contribution is 0.411. The van der Waals surface area contributed by atoms with Crippen LogP contribution in [0.5, 0.6) is 5.75 Å². The Morgan fingerprint density at radius 2 is 1.78 bits per heavy atom. The molecule has 2 rings (SSSR count). The molecule has 2 atom stereocenters. The Morgan fingerprint density at radius 1 is 1.06 bits per heavy atom. The van der Waals surface area contributed by atoms with Crippen molar-refractivity contribution < 1.29 is 4.74 Å². The lowest BCUT2D eigenvalue weighted by Crippen LogP contribution is -2.12. The topological polar surface area (TPSA) is 9.23 Å². The summed E-state index contributed by atoms with van der Waals surface area (Å²) in [6.45, 7) is 4.35. The number of rotatable bonds is 2. The molecule has 2 unspecified atom stereocenters. The van der Waals surface area contributed by atoms with Crippen LogP contribution < -0.4 is 4.74 Å². The summed E-state index contributed by atoms with van der Waals surface area (Å²) in [6, 6.07) is 4.52. The number of aryl methyl sites for hydroxylation is 2. The fourth-order valence-electron chi connectivity index (χ4n) is 3.04. The maximum absolute atomic E-state index is 5.41. The van der Waals surface area contributed by atoms with Gasteiger partial charge in [-0.15, -0.1) is 0 Å². The molecule has 0 amide bonds. The minimum atomic E-state index is 0.631. The van der Waals surface area contributed by atoms with E-state index in [1.807, 2.05) is 0 Å². The van der Waals surface area contributed by atoms with Crippen molar-refractivity contribution in [3.05, 3.63) is 28.8 Å². The summed E-state index contributed by atoms with van der Waals surface area (Å²) in [5.74, 6) is 1.67. The van der Waals surface area contributed by atoms with Crippen LogP contribution in [-0.2, 0) is 0 Å². The Morgan fingerprint density at radius 3 is 2.50 bits per heavy atom. The van der Waals surface area contributed by atoms with E-state index in [0.29, 0.717) is 10.7 Å². The quantitative estimate of drug-likeness (QED) is 0.544. The first-order valence-electron chi connectivity index (χ1n) is 6.92. The zero-order valence-corrected chi connectivity index (χ0v) is 13.2. The number of hydrogen-bond acceptors (Lipinski definition) is 1. The minimum absolute atomic E-state index is 0.631. The molecule has 1 aliphatic rings. The van der Waals surface area contributed by atoms with Gasteiger partial charge in [-0.3, -0.25) is 0 Å². The van der Waals surface area contributed by atoms with Crippen LogP contribution in [0, 0.1) is 13.8 Å². The lowest BCUT2D eigenvalue weighted by Gasteiger charge is -2.23. The van der Waals surface area contributed by atoms with Crippen LogP contribution >= 0.6 is 15.9 Å². The van der Waals surface area contributed by atoms with Gasteiger partial charge in [0, 0.05) is 4.83 Å². The number of hydrogen-bond donors (Lipinski definition) is 0. The Labute approximate surface area is 119 Å². The van der Waals surface area contributed by atoms with E-state index < -0.39 is 0 Å². The molecule has 1 nitrogen and oxygen atoms in total. The smallest absolute Gasteiger partial charge is 0.122 e. The van der Waals surface area contributed by atoms with E-state index in [1.54, 1.807) is 7.11 Å². The van der Waals surface area contributed by atoms with Crippen molar-refractivity contribution in [3.63, 3.8) is 0 Å². The predicted molar refractivity (Wildman–Crippen MR) is 81.0 cm³/mol. The van der Waals surface area contributed by atoms with Crippen LogP contribution in [0.25, 0.3) is 0 Å². The van der Waals surface area contributed by atoms with Crippen molar-refractivity contribution in [1.29, 1.82) is 0 Å². The van der Waals surface area contributed by atoms with Gasteiger partial charge in [0.05, 0.1) is 7.11 Å². The highest BCUT2D eigenvalue weighted by atomic mass is 79.9. The molecular formula is C16H23BrO. The summed E-state index contributed by atoms with van der Waals surface area (Å²) >= 11 is 3.90. The summed E-state index contributed by atoms with van der Waals surface area (Å²) in [5, 5.41) is 0. The van der Waals surface area contributed by atoms with Gasteiger partial charge in [-0.05, 0) is 55.4 Å². The maximum Gasteiger partial charge on any atom is 0.122 e. The Kier molecular flexibility index (Phi) is 4.71. The van der Waals surface area contributed by atoms with Gasteiger partial charge in [0.15, 0.2) is 0 Å². The van der Waals surface area contributed by atoms with E-state index in [0.717, 1.165) is 5.75 Å². The van der Waals surface area contributed by atoms with E-state index >= 15 is 0 Å². The fourth-order valence-corrected chi connectivity index (χ4v) is 3.92. The molecule has 2 heteroatoms. The van der Waals surface area contributed by atoms with Gasteiger partial charge < -0.3 is 4.74 Å². The third-order valence-electron chi connectivity index (χ3n) is 4.11. The van der Waals surface area contributed by atoms with Gasteiger partial charge in [0.2, 0.25) is 0 Å². The Bertz CT molecular complexity index is 414. The molecular weight excluding hydrogens is 288 g/mol. The molecule has 0 radical (unpaired) electrons. The van der Waals surface area contributed by atoms with Gasteiger partial charge in [-0.2, -0.15) is 0 Å². The number of methoxy groups -OCH3 is 1. The molecule has 0 heterocycles. The van der Waals surface area contributed by atoms with Gasteiger partial charge in [-0.1, -0.05) is 41.3 Å². The van der Waals surface area contributed by atoms with E-state index in [1.165, 1.54) is 48.8 Å². The Hall–Kier alpha value is -0.500. The summed E-state index contributed by atoms with van der Waals surface area (Å²) in [5.41, 5.74) is 4.13. The van der Waals surface area contributed by atoms with Gasteiger partial charge in [0.25, 0.3) is 0 Å². The molecule has 1 fully saturated rings. The molecule has 100 valence electrons. The fraction of sp³-hybridized carbons (Fsp3) is 0.625. The number of ether oxygens (including phenoxy) is 1. The van der Waals surface area contributed by atoms with Crippen LogP contribution in [0.3, 0.4) is 0 Å². The van der Waals surface area contributed by atoms with Crippen molar-refractivity contribution in [2.45, 2.75) is 56.7 Å². The van der Waals surface area contributed by atoms with E-state index in [9.17, 15) is 0 Å². The standard InChI is InChI=1S/C16H23BrO/c1-11-10-16(18-3)12(2)9-14(11)13-7-5-4-6-8-15(13)17/h9-10,13,15H,4-8H2,1-3H3. The van der Waals surface area contributed by atoms with Crippen molar-refractivity contribution >= 4 is 15.9 Å². The van der Waals surface area contributed by atoms with Crippen molar-refractivity contribution in [2.24, 2.45) is 0 Å². The summed E-state index contributed by atoms with van der Waals surface area (Å²) in [6.07, 6.45) is 6.71. The molecule has 0 spiro atoms. The monoisotopic (exact) mass is 310 g/mol. The summed E-state index contributed by atoms with van der Waals surface area (Å²) < 4.78 is 5.41. The number of alkyl halides is 1. The van der Waals surface area contributed by atoms with E-state index in [-0.39, 0.29) is 0 Å². The second kappa shape index (κ2) is 6.10. The molecule has 0 saturated heterocycles. The molecule has 1 aromatic carbocycles. The molecule has 0 bridgehead atoms. The molecule has 1 saturated carbocycles. The normalized spacial score (nSPS) is 24.7. The highest BCUT2D eigenvalue weighted by Crippen LogP contribution is 2.39. The summed E-state index contributed by atoms with van der Waals surface area (Å²) in [4.78, 5) is 0.631. The van der Waals surface area contributed by atoms with Gasteiger partial charge >= 0.3 is 0 Å². The second-order valence-electron chi connectivity index (χ2n) is 5.44. The molecule has 18 heavy (non-hydrogen) atoms. The van der Waals surface area contributed by atoms with Gasteiger partial charge in [0.1, 0.15) is 5.75 Å². The maximum atomic E-state index is 5.41. The minimum Gasteiger partial charge on any atom is -0.496 e. The number of halogens is 1. The SMILES string of the molecule is COc1cc(C)c(C2CCCCCC2Br)cc1C. The molecule has 1 aliphatic carbocycles. The van der Waals surface area contributed by atoms with Crippen molar-refractivity contribution in [2.75, 3.05) is 7.11 Å². The van der Waals surface area contributed by atoms with Crippen LogP contribution in [0.1, 0.15) is 54.7 Å². The molecule has 0 N–H and O–H groups in total. The highest BCUT2D eigenvalue weighted by Gasteiger charge is 2.24. The van der Waals surface area contributed by atoms with Crippen LogP contribution in [-0.4, -0.2) is 11.9 Å². The first kappa shape index (κ1) is 13.9.